The first kappa shape index (κ1) is 28.1. The Hall–Kier alpha value is -3.47. The van der Waals surface area contributed by atoms with Gasteiger partial charge in [0.05, 0.1) is 24.3 Å². The van der Waals surface area contributed by atoms with Crippen molar-refractivity contribution in [1.82, 2.24) is 15.1 Å². The largest absolute Gasteiger partial charge is 0.416 e. The summed E-state index contributed by atoms with van der Waals surface area (Å²) in [5.74, 6) is -2.81. The number of likely N-dealkylation sites (tertiary alicyclic amines) is 2. The minimum absolute atomic E-state index is 0.0619. The molecule has 7 nitrogen and oxygen atoms in total. The predicted molar refractivity (Wildman–Crippen MR) is 137 cm³/mol. The fourth-order valence-electron chi connectivity index (χ4n) is 6.09. The first-order valence-electron chi connectivity index (χ1n) is 13.3. The average molecular weight is 562 g/mol. The number of likely N-dealkylation sites (N-methyl/N-ethyl adjacent to an activating group) is 1. The number of carbonyl (C=O) groups excluding carboxylic acids is 3. The van der Waals surface area contributed by atoms with Crippen LogP contribution in [0.5, 0.6) is 0 Å². The predicted octanol–water partition coefficient (Wildman–Crippen LogP) is 3.84. The Balaban J connectivity index is 1.32. The van der Waals surface area contributed by atoms with Crippen LogP contribution in [-0.2, 0) is 20.5 Å². The number of nitrogens with one attached hydrogen (secondary N) is 1. The maximum Gasteiger partial charge on any atom is 0.416 e. The van der Waals surface area contributed by atoms with Crippen LogP contribution >= 0.6 is 0 Å². The summed E-state index contributed by atoms with van der Waals surface area (Å²) in [7, 11) is 1.80. The summed E-state index contributed by atoms with van der Waals surface area (Å²) < 4.78 is 59.1. The van der Waals surface area contributed by atoms with Gasteiger partial charge in [-0.3, -0.25) is 14.4 Å². The molecule has 3 fully saturated rings. The fraction of sp³-hybridized carbons (Fsp3) is 0.483. The number of hydrogen-bond acceptors (Lipinski definition) is 4. The van der Waals surface area contributed by atoms with Crippen molar-refractivity contribution in [3.8, 4) is 0 Å². The summed E-state index contributed by atoms with van der Waals surface area (Å²) in [6.07, 6.45) is -3.21. The van der Waals surface area contributed by atoms with Crippen LogP contribution < -0.4 is 5.32 Å². The molecular weight excluding hydrogens is 530 g/mol. The quantitative estimate of drug-likeness (QED) is 0.563. The van der Waals surface area contributed by atoms with Crippen LogP contribution in [0.3, 0.4) is 0 Å². The maximum atomic E-state index is 14.4. The van der Waals surface area contributed by atoms with Gasteiger partial charge in [-0.05, 0) is 42.0 Å². The van der Waals surface area contributed by atoms with Crippen molar-refractivity contribution in [2.24, 2.45) is 11.3 Å². The SMILES string of the molecule is CN1CC(c2ccccc2)C2(CCN(C(=O)[C@H](NC(=O)c3cc(C(F)(F)F)ccc3F)C3COC3)CC2)CC1=O. The number of piperidine rings is 2. The van der Waals surface area contributed by atoms with Crippen molar-refractivity contribution in [2.75, 3.05) is 39.9 Å². The molecule has 0 saturated carbocycles. The molecule has 0 radical (unpaired) electrons. The molecule has 40 heavy (non-hydrogen) atoms. The van der Waals surface area contributed by atoms with E-state index in [1.165, 1.54) is 0 Å². The molecule has 11 heteroatoms. The number of amides is 3. The number of nitrogens with zero attached hydrogens (tertiary/aromatic N) is 2. The van der Waals surface area contributed by atoms with E-state index in [1.54, 1.807) is 16.8 Å². The van der Waals surface area contributed by atoms with Gasteiger partial charge in [-0.25, -0.2) is 4.39 Å². The first-order chi connectivity index (χ1) is 19.0. The highest BCUT2D eigenvalue weighted by Crippen LogP contribution is 2.50. The Morgan fingerprint density at radius 2 is 1.75 bits per heavy atom. The van der Waals surface area contributed by atoms with Gasteiger partial charge in [-0.1, -0.05) is 30.3 Å². The Labute approximate surface area is 229 Å². The molecule has 1 unspecified atom stereocenters. The minimum atomic E-state index is -4.75. The van der Waals surface area contributed by atoms with Gasteiger partial charge in [0.15, 0.2) is 0 Å². The Morgan fingerprint density at radius 1 is 1.07 bits per heavy atom. The first-order valence-corrected chi connectivity index (χ1v) is 13.3. The van der Waals surface area contributed by atoms with Gasteiger partial charge < -0.3 is 19.9 Å². The van der Waals surface area contributed by atoms with Gasteiger partial charge in [0.2, 0.25) is 11.8 Å². The molecule has 3 amide bonds. The highest BCUT2D eigenvalue weighted by molar-refractivity contribution is 5.98. The van der Waals surface area contributed by atoms with Crippen LogP contribution in [0.2, 0.25) is 0 Å². The number of rotatable bonds is 5. The molecule has 3 aliphatic heterocycles. The van der Waals surface area contributed by atoms with Crippen LogP contribution in [-0.4, -0.2) is 73.5 Å². The van der Waals surface area contributed by atoms with Gasteiger partial charge in [-0.2, -0.15) is 13.2 Å². The Bertz CT molecular complexity index is 1270. The third-order valence-electron chi connectivity index (χ3n) is 8.62. The Morgan fingerprint density at radius 3 is 2.35 bits per heavy atom. The van der Waals surface area contributed by atoms with E-state index < -0.39 is 35.1 Å². The lowest BCUT2D eigenvalue weighted by Crippen LogP contribution is -2.60. The van der Waals surface area contributed by atoms with Gasteiger partial charge in [0.1, 0.15) is 11.9 Å². The zero-order valence-corrected chi connectivity index (χ0v) is 22.0. The fourth-order valence-corrected chi connectivity index (χ4v) is 6.09. The lowest BCUT2D eigenvalue weighted by atomic mass is 9.62. The van der Waals surface area contributed by atoms with Crippen molar-refractivity contribution in [2.45, 2.75) is 37.4 Å². The van der Waals surface area contributed by atoms with E-state index in [0.717, 1.165) is 5.56 Å². The van der Waals surface area contributed by atoms with Crippen molar-refractivity contribution in [3.63, 3.8) is 0 Å². The van der Waals surface area contributed by atoms with E-state index in [4.69, 9.17) is 4.74 Å². The van der Waals surface area contributed by atoms with Crippen molar-refractivity contribution >= 4 is 17.7 Å². The molecule has 214 valence electrons. The number of halogens is 4. The van der Waals surface area contributed by atoms with Gasteiger partial charge in [-0.15, -0.1) is 0 Å². The molecule has 0 bridgehead atoms. The standard InChI is InChI=1S/C29H31F4N3O4/c1-35-15-22(18-5-3-2-4-6-18)28(14-24(35)37)9-11-36(12-10-28)27(39)25(19-16-40-17-19)34-26(38)21-13-20(29(31,32)33)7-8-23(21)30/h2-8,13,19,22,25H,9-12,14-17H2,1H3,(H,34,38)/t22?,25-/m1/s1. The number of benzene rings is 2. The normalized spacial score (nSPS) is 22.1. The topological polar surface area (TPSA) is 78.9 Å². The maximum absolute atomic E-state index is 14.4. The monoisotopic (exact) mass is 561 g/mol. The van der Waals surface area contributed by atoms with E-state index in [2.05, 4.69) is 17.4 Å². The molecule has 0 aliphatic carbocycles. The smallest absolute Gasteiger partial charge is 0.380 e. The summed E-state index contributed by atoms with van der Waals surface area (Å²) >= 11 is 0. The molecule has 1 N–H and O–H groups in total. The molecule has 5 rings (SSSR count). The van der Waals surface area contributed by atoms with Gasteiger partial charge in [0, 0.05) is 44.9 Å². The number of hydrogen-bond donors (Lipinski definition) is 1. The molecule has 3 heterocycles. The van der Waals surface area contributed by atoms with Crippen LogP contribution in [0, 0.1) is 17.2 Å². The molecule has 3 aliphatic rings. The second kappa shape index (κ2) is 10.8. The summed E-state index contributed by atoms with van der Waals surface area (Å²) in [5, 5.41) is 2.49. The third-order valence-corrected chi connectivity index (χ3v) is 8.62. The summed E-state index contributed by atoms with van der Waals surface area (Å²) in [4.78, 5) is 42.7. The molecule has 2 aromatic rings. The molecule has 2 atom stereocenters. The molecule has 3 saturated heterocycles. The average Bonchev–Trinajstić information content (AvgIpc) is 2.89. The summed E-state index contributed by atoms with van der Waals surface area (Å²) in [6.45, 7) is 1.68. The summed E-state index contributed by atoms with van der Waals surface area (Å²) in [5.41, 5.74) is -1.11. The van der Waals surface area contributed by atoms with Crippen LogP contribution in [0.4, 0.5) is 17.6 Å². The highest BCUT2D eigenvalue weighted by atomic mass is 19.4. The lowest BCUT2D eigenvalue weighted by molar-refractivity contribution is -0.146. The van der Waals surface area contributed by atoms with Crippen LogP contribution in [0.1, 0.15) is 46.7 Å². The van der Waals surface area contributed by atoms with E-state index in [-0.39, 0.29) is 42.3 Å². The molecule has 2 aromatic carbocycles. The van der Waals surface area contributed by atoms with Crippen LogP contribution in [0.15, 0.2) is 48.5 Å². The molecule has 0 aromatic heterocycles. The van der Waals surface area contributed by atoms with Gasteiger partial charge >= 0.3 is 6.18 Å². The van der Waals surface area contributed by atoms with Crippen molar-refractivity contribution < 1.29 is 36.7 Å². The van der Waals surface area contributed by atoms with Crippen LogP contribution in [0.25, 0.3) is 0 Å². The van der Waals surface area contributed by atoms with Crippen molar-refractivity contribution in [3.05, 3.63) is 71.0 Å². The zero-order chi connectivity index (χ0) is 28.7. The van der Waals surface area contributed by atoms with E-state index in [0.29, 0.717) is 57.1 Å². The van der Waals surface area contributed by atoms with E-state index in [1.807, 2.05) is 18.2 Å². The molecular formula is C29H31F4N3O4. The molecule has 1 spiro atoms. The summed E-state index contributed by atoms with van der Waals surface area (Å²) in [6, 6.07) is 10.5. The second-order valence-electron chi connectivity index (χ2n) is 11.0. The second-order valence-corrected chi connectivity index (χ2v) is 11.0. The number of carbonyl (C=O) groups is 3. The minimum Gasteiger partial charge on any atom is -0.380 e. The third kappa shape index (κ3) is 5.43. The highest BCUT2D eigenvalue weighted by Gasteiger charge is 2.49. The van der Waals surface area contributed by atoms with E-state index >= 15 is 0 Å². The number of ether oxygens (including phenoxy) is 1. The zero-order valence-electron chi connectivity index (χ0n) is 22.0. The van der Waals surface area contributed by atoms with Crippen molar-refractivity contribution in [1.29, 1.82) is 0 Å². The van der Waals surface area contributed by atoms with E-state index in [9.17, 15) is 31.9 Å². The number of alkyl halides is 3. The Kier molecular flexibility index (Phi) is 7.60. The van der Waals surface area contributed by atoms with Gasteiger partial charge in [0.25, 0.3) is 5.91 Å². The lowest BCUT2D eigenvalue weighted by Gasteiger charge is -2.51.